The molecule has 16 aromatic rings. The maximum absolute atomic E-state index is 14.8. The third kappa shape index (κ3) is 20.5. The van der Waals surface area contributed by atoms with Gasteiger partial charge in [-0.1, -0.05) is 88.9 Å². The zero-order valence-electron chi connectivity index (χ0n) is 71.6. The van der Waals surface area contributed by atoms with E-state index in [0.29, 0.717) is 150 Å². The SMILES string of the molecule is Cc1cc(N2CCCS2(=O)=O)ccc1C(=O)Nc1ccc(Cl)c(-c2nccc3ncccc23)c1.O=C(Nc1ccc(Cl)c(-c2ccc3ccccc3n2)c1)c1ccc(N2CCCS2(=O)=O)cc1F.O=C(Nc1ccc(Cl)c(-c2ncc3ccccc3n2)c1)c1ccc(N2CCCS2(=O)=O)cc1F.O=C(Nc1ccc(Cl)c(-c2nccc3ncccc23)c1)c1ccc(N2CCCS2(=O)=O)cc1F. The van der Waals surface area contributed by atoms with Gasteiger partial charge in [-0.3, -0.25) is 56.3 Å². The lowest BCUT2D eigenvalue weighted by Crippen LogP contribution is -2.25. The van der Waals surface area contributed by atoms with E-state index in [1.807, 2.05) is 84.9 Å². The van der Waals surface area contributed by atoms with Crippen molar-refractivity contribution in [3.05, 3.63) is 339 Å². The smallest absolute Gasteiger partial charge is 0.258 e. The predicted octanol–water partition coefficient (Wildman–Crippen LogP) is 20.3. The molecule has 6 aromatic heterocycles. The molecule has 0 unspecified atom stereocenters. The Bertz CT molecular complexity index is 7540. The highest BCUT2D eigenvalue weighted by atomic mass is 35.5. The lowest BCUT2D eigenvalue weighted by molar-refractivity contribution is 0.101. The van der Waals surface area contributed by atoms with Crippen LogP contribution in [0, 0.1) is 24.4 Å². The number of nitrogens with one attached hydrogen (secondary N) is 4. The predicted molar refractivity (Wildman–Crippen MR) is 527 cm³/mol. The molecule has 688 valence electrons. The minimum atomic E-state index is -3.45. The topological polar surface area (TPSA) is 356 Å². The van der Waals surface area contributed by atoms with Crippen LogP contribution in [0.2, 0.25) is 20.1 Å². The van der Waals surface area contributed by atoms with Gasteiger partial charge in [0.1, 0.15) is 17.5 Å². The van der Waals surface area contributed by atoms with Crippen molar-refractivity contribution in [2.24, 2.45) is 0 Å². The number of sulfonamides is 4. The summed E-state index contributed by atoms with van der Waals surface area (Å²) in [5.41, 5.74) is 11.0. The van der Waals surface area contributed by atoms with E-state index < -0.39 is 75.3 Å². The molecule has 0 radical (unpaired) electrons. The first-order valence-electron chi connectivity index (χ1n) is 42.2. The first-order chi connectivity index (χ1) is 65.3. The first kappa shape index (κ1) is 93.7. The molecule has 38 heteroatoms. The molecule has 0 aliphatic carbocycles. The van der Waals surface area contributed by atoms with Crippen molar-refractivity contribution in [1.29, 1.82) is 0 Å². The maximum atomic E-state index is 14.8. The minimum Gasteiger partial charge on any atom is -0.322 e. The van der Waals surface area contributed by atoms with Gasteiger partial charge < -0.3 is 21.3 Å². The number of fused-ring (bicyclic) bond motifs is 4. The molecule has 4 N–H and O–H groups in total. The van der Waals surface area contributed by atoms with Crippen LogP contribution in [-0.2, 0) is 40.1 Å². The zero-order valence-corrected chi connectivity index (χ0v) is 77.9. The Labute approximate surface area is 798 Å². The molecule has 27 nitrogen and oxygen atoms in total. The summed E-state index contributed by atoms with van der Waals surface area (Å²) >= 11 is 25.7. The molecular formula is C98H76Cl4F3N15O12S4. The monoisotopic (exact) mass is 1980 g/mol. The van der Waals surface area contributed by atoms with Crippen molar-refractivity contribution in [3.8, 4) is 45.2 Å². The van der Waals surface area contributed by atoms with Crippen LogP contribution in [0.4, 0.5) is 58.7 Å². The Morgan fingerprint density at radius 1 is 0.324 bits per heavy atom. The summed E-state index contributed by atoms with van der Waals surface area (Å²) in [5.74, 6) is -4.12. The molecule has 4 fully saturated rings. The van der Waals surface area contributed by atoms with Crippen LogP contribution >= 0.6 is 46.4 Å². The molecule has 0 atom stereocenters. The molecule has 0 saturated carbocycles. The Kier molecular flexibility index (Phi) is 27.2. The molecule has 4 saturated heterocycles. The van der Waals surface area contributed by atoms with Gasteiger partial charge in [-0.15, -0.1) is 0 Å². The molecular weight excluding hydrogens is 1910 g/mol. The van der Waals surface area contributed by atoms with E-state index in [1.165, 1.54) is 45.0 Å². The van der Waals surface area contributed by atoms with Crippen LogP contribution in [0.1, 0.15) is 72.7 Å². The Balaban J connectivity index is 0.000000126. The molecule has 4 aliphatic heterocycles. The number of para-hydroxylation sites is 2. The molecule has 10 aromatic carbocycles. The number of amides is 4. The quantitative estimate of drug-likeness (QED) is 0.0698. The summed E-state index contributed by atoms with van der Waals surface area (Å²) < 4.78 is 146. The summed E-state index contributed by atoms with van der Waals surface area (Å²) in [6, 6.07) is 66.4. The third-order valence-corrected chi connectivity index (χ3v) is 31.5. The second kappa shape index (κ2) is 39.4. The number of carbonyl (C=O) groups excluding carboxylic acids is 4. The number of aryl methyl sites for hydroxylation is 1. The number of anilines is 8. The molecule has 0 bridgehead atoms. The van der Waals surface area contributed by atoms with Crippen LogP contribution in [0.3, 0.4) is 0 Å². The fraction of sp³-hybridized carbons (Fsp3) is 0.133. The van der Waals surface area contributed by atoms with E-state index in [9.17, 15) is 66.0 Å². The number of hydrogen-bond acceptors (Lipinski definition) is 19. The number of nitrogens with zero attached hydrogens (tertiary/aromatic N) is 11. The average molecular weight is 1980 g/mol. The number of carbonyl (C=O) groups is 4. The highest BCUT2D eigenvalue weighted by Gasteiger charge is 2.34. The highest BCUT2D eigenvalue weighted by molar-refractivity contribution is 7.94. The summed E-state index contributed by atoms with van der Waals surface area (Å²) in [7, 11) is -13.6. The van der Waals surface area contributed by atoms with Crippen LogP contribution in [-0.4, -0.2) is 141 Å². The average Bonchev–Trinajstić information content (AvgIpc) is 1.22. The Hall–Kier alpha value is -14.1. The number of benzene rings is 10. The van der Waals surface area contributed by atoms with Gasteiger partial charge >= 0.3 is 0 Å². The van der Waals surface area contributed by atoms with Gasteiger partial charge in [-0.05, 0) is 238 Å². The van der Waals surface area contributed by atoms with Crippen molar-refractivity contribution < 1.29 is 66.0 Å². The lowest BCUT2D eigenvalue weighted by atomic mass is 10.0. The Morgan fingerprint density at radius 3 is 1.07 bits per heavy atom. The van der Waals surface area contributed by atoms with Crippen molar-refractivity contribution in [2.45, 2.75) is 32.6 Å². The summed E-state index contributed by atoms with van der Waals surface area (Å²) in [6.45, 7) is 3.12. The van der Waals surface area contributed by atoms with E-state index in [0.717, 1.165) is 70.4 Å². The van der Waals surface area contributed by atoms with Gasteiger partial charge in [0.2, 0.25) is 40.1 Å². The van der Waals surface area contributed by atoms with Crippen LogP contribution in [0.15, 0.2) is 274 Å². The van der Waals surface area contributed by atoms with Crippen molar-refractivity contribution in [2.75, 3.05) is 87.7 Å². The molecule has 10 heterocycles. The Morgan fingerprint density at radius 2 is 0.676 bits per heavy atom. The van der Waals surface area contributed by atoms with Crippen molar-refractivity contribution in [3.63, 3.8) is 0 Å². The van der Waals surface area contributed by atoms with E-state index in [1.54, 1.807) is 141 Å². The second-order valence-corrected chi connectivity index (χ2v) is 41.3. The zero-order chi connectivity index (χ0) is 95.5. The number of halogens is 7. The van der Waals surface area contributed by atoms with E-state index in [2.05, 4.69) is 56.2 Å². The summed E-state index contributed by atoms with van der Waals surface area (Å²) in [4.78, 5) is 82.5. The standard InChI is InChI=1S/C25H19ClFN3O3S.C25H21ClN4O3S.2C24H18ClFN4O3S/c26-21-10-7-17(14-20(21)24-11-6-16-4-1-2-5-23(16)29-24)28-25(31)19-9-8-18(15-22(19)27)30-12-3-13-34(30,32)33;1-16-14-18(30-12-3-13-34(30,32)33)6-7-19(16)25(31)29-17-5-8-22(26)21(15-17)24-20-4-2-10-27-23(20)9-11-28-24;25-20-7-4-15(13-19(20)23-18-3-1-9-27-22(18)8-10-28-23)29-24(31)17-6-5-16(14-21(17)26)30-11-2-12-34(30,32)33;25-20-9-6-16(12-19(20)23-27-14-15-4-1-2-5-22(15)29-23)28-24(31)18-8-7-17(13-21(18)26)30-10-3-11-34(30,32)33/h1-2,4-11,14-15H,3,12-13H2,(H,28,31);2,4-11,14-15H,3,12-13H2,1H3,(H,29,31);1,3-10,13-14H,2,11-12H2,(H,29,31);1-2,4-9,12-14H,3,10-11H2,(H,28,31). The first-order valence-corrected chi connectivity index (χ1v) is 50.2. The summed E-state index contributed by atoms with van der Waals surface area (Å²) in [6.07, 6.45) is 10.4. The van der Waals surface area contributed by atoms with E-state index >= 15 is 0 Å². The van der Waals surface area contributed by atoms with Gasteiger partial charge in [0.05, 0.1) is 122 Å². The minimum absolute atomic E-state index is 0.0245. The lowest BCUT2D eigenvalue weighted by Gasteiger charge is -2.18. The van der Waals surface area contributed by atoms with Gasteiger partial charge in [0, 0.05) is 129 Å². The highest BCUT2D eigenvalue weighted by Crippen LogP contribution is 2.40. The number of aromatic nitrogens is 7. The second-order valence-electron chi connectivity index (χ2n) is 31.7. The normalized spacial score (nSPS) is 14.9. The van der Waals surface area contributed by atoms with Crippen molar-refractivity contribution in [1.82, 2.24) is 34.9 Å². The fourth-order valence-corrected chi connectivity index (χ4v) is 23.1. The molecule has 4 aliphatic rings. The van der Waals surface area contributed by atoms with Gasteiger partial charge in [-0.25, -0.2) is 61.8 Å². The molecule has 4 amide bonds. The number of pyridine rings is 5. The molecule has 136 heavy (non-hydrogen) atoms. The van der Waals surface area contributed by atoms with Crippen LogP contribution in [0.5, 0.6) is 0 Å². The van der Waals surface area contributed by atoms with Crippen LogP contribution < -0.4 is 38.5 Å². The van der Waals surface area contributed by atoms with Crippen molar-refractivity contribution >= 4 is 199 Å². The van der Waals surface area contributed by atoms with E-state index in [-0.39, 0.29) is 69.2 Å². The largest absolute Gasteiger partial charge is 0.322 e. The van der Waals surface area contributed by atoms with Gasteiger partial charge in [0.15, 0.2) is 5.82 Å². The molecule has 0 spiro atoms. The van der Waals surface area contributed by atoms with E-state index in [4.69, 9.17) is 46.4 Å². The number of hydrogen-bond donors (Lipinski definition) is 4. The number of rotatable bonds is 16. The van der Waals surface area contributed by atoms with Gasteiger partial charge in [0.25, 0.3) is 23.6 Å². The fourth-order valence-electron chi connectivity index (χ4n) is 16.0. The summed E-state index contributed by atoms with van der Waals surface area (Å²) in [5, 5.41) is 16.3. The van der Waals surface area contributed by atoms with Crippen LogP contribution in [0.25, 0.3) is 88.8 Å². The maximum Gasteiger partial charge on any atom is 0.258 e. The van der Waals surface area contributed by atoms with Gasteiger partial charge in [-0.2, -0.15) is 0 Å². The molecule has 20 rings (SSSR count). The third-order valence-electron chi connectivity index (χ3n) is 22.7.